The van der Waals surface area contributed by atoms with Crippen LogP contribution in [0, 0.1) is 5.92 Å². The third-order valence-electron chi connectivity index (χ3n) is 5.26. The molecule has 1 saturated heterocycles. The van der Waals surface area contributed by atoms with Crippen LogP contribution < -0.4 is 5.32 Å². The lowest BCUT2D eigenvalue weighted by molar-refractivity contribution is 0.240. The lowest BCUT2D eigenvalue weighted by Crippen LogP contribution is -2.37. The maximum absolute atomic E-state index is 5.66. The summed E-state index contributed by atoms with van der Waals surface area (Å²) in [6, 6.07) is 0. The molecule has 3 atom stereocenters. The highest BCUT2D eigenvalue weighted by Crippen LogP contribution is 2.40. The molecule has 4 heteroatoms. The molecule has 1 aliphatic heterocycles. The van der Waals surface area contributed by atoms with E-state index in [9.17, 15) is 0 Å². The molecule has 0 radical (unpaired) electrons. The number of nitrogens with one attached hydrogen (secondary N) is 1. The SMILES string of the molecule is CCCC1(c2nc(C3CCC(CC)C3)no2)CCCN1. The predicted molar refractivity (Wildman–Crippen MR) is 78.5 cm³/mol. The minimum absolute atomic E-state index is 0.0389. The summed E-state index contributed by atoms with van der Waals surface area (Å²) in [7, 11) is 0. The van der Waals surface area contributed by atoms with Crippen LogP contribution in [0.3, 0.4) is 0 Å². The zero-order chi connectivity index (χ0) is 14.0. The second kappa shape index (κ2) is 5.84. The number of rotatable bonds is 5. The third kappa shape index (κ3) is 2.50. The molecule has 20 heavy (non-hydrogen) atoms. The summed E-state index contributed by atoms with van der Waals surface area (Å²) in [6.07, 6.45) is 9.65. The Morgan fingerprint density at radius 1 is 1.35 bits per heavy atom. The largest absolute Gasteiger partial charge is 0.337 e. The van der Waals surface area contributed by atoms with E-state index in [2.05, 4.69) is 24.3 Å². The Hall–Kier alpha value is -0.900. The standard InChI is InChI=1S/C16H27N3O/c1-3-8-16(9-5-10-17-16)15-18-14(19-20-15)13-7-6-12(4-2)11-13/h12-13,17H,3-11H2,1-2H3. The molecule has 1 N–H and O–H groups in total. The van der Waals surface area contributed by atoms with Gasteiger partial charge in [0.15, 0.2) is 5.82 Å². The quantitative estimate of drug-likeness (QED) is 0.890. The molecule has 4 nitrogen and oxygen atoms in total. The Kier molecular flexibility index (Phi) is 4.11. The van der Waals surface area contributed by atoms with Gasteiger partial charge >= 0.3 is 0 Å². The van der Waals surface area contributed by atoms with E-state index in [1.165, 1.54) is 32.1 Å². The van der Waals surface area contributed by atoms with Crippen molar-refractivity contribution in [2.24, 2.45) is 5.92 Å². The minimum atomic E-state index is -0.0389. The van der Waals surface area contributed by atoms with Gasteiger partial charge in [0.05, 0.1) is 5.54 Å². The minimum Gasteiger partial charge on any atom is -0.337 e. The van der Waals surface area contributed by atoms with Gasteiger partial charge in [-0.05, 0) is 51.0 Å². The summed E-state index contributed by atoms with van der Waals surface area (Å²) < 4.78 is 5.66. The van der Waals surface area contributed by atoms with Crippen molar-refractivity contribution in [3.05, 3.63) is 11.7 Å². The molecule has 1 aromatic rings. The fourth-order valence-corrected chi connectivity index (χ4v) is 4.01. The number of nitrogens with zero attached hydrogens (tertiary/aromatic N) is 2. The van der Waals surface area contributed by atoms with Crippen molar-refractivity contribution < 1.29 is 4.52 Å². The van der Waals surface area contributed by atoms with E-state index in [0.717, 1.165) is 43.4 Å². The lowest BCUT2D eigenvalue weighted by Gasteiger charge is -2.24. The van der Waals surface area contributed by atoms with Crippen LogP contribution in [0.2, 0.25) is 0 Å². The van der Waals surface area contributed by atoms with Crippen molar-refractivity contribution in [2.45, 2.75) is 76.7 Å². The van der Waals surface area contributed by atoms with Gasteiger partial charge in [0.2, 0.25) is 5.89 Å². The maximum Gasteiger partial charge on any atom is 0.246 e. The molecular formula is C16H27N3O. The smallest absolute Gasteiger partial charge is 0.246 e. The molecule has 1 aromatic heterocycles. The topological polar surface area (TPSA) is 51.0 Å². The Morgan fingerprint density at radius 3 is 2.90 bits per heavy atom. The zero-order valence-corrected chi connectivity index (χ0v) is 12.8. The normalized spacial score (nSPS) is 33.9. The highest BCUT2D eigenvalue weighted by Gasteiger charge is 2.40. The Morgan fingerprint density at radius 2 is 2.25 bits per heavy atom. The van der Waals surface area contributed by atoms with E-state index in [0.29, 0.717) is 5.92 Å². The Labute approximate surface area is 121 Å². The summed E-state index contributed by atoms with van der Waals surface area (Å²) in [6.45, 7) is 5.58. The maximum atomic E-state index is 5.66. The molecule has 0 amide bonds. The molecule has 1 aliphatic carbocycles. The number of hydrogen-bond acceptors (Lipinski definition) is 4. The van der Waals surface area contributed by atoms with E-state index in [4.69, 9.17) is 9.51 Å². The van der Waals surface area contributed by atoms with Crippen molar-refractivity contribution in [3.8, 4) is 0 Å². The molecule has 2 heterocycles. The first-order valence-electron chi connectivity index (χ1n) is 8.36. The van der Waals surface area contributed by atoms with Crippen LogP contribution in [0.4, 0.5) is 0 Å². The van der Waals surface area contributed by atoms with Gasteiger partial charge in [0.1, 0.15) is 0 Å². The van der Waals surface area contributed by atoms with Crippen LogP contribution in [-0.4, -0.2) is 16.7 Å². The van der Waals surface area contributed by atoms with Gasteiger partial charge in [-0.2, -0.15) is 4.98 Å². The summed E-state index contributed by atoms with van der Waals surface area (Å²) in [5.41, 5.74) is -0.0389. The van der Waals surface area contributed by atoms with Crippen LogP contribution >= 0.6 is 0 Å². The van der Waals surface area contributed by atoms with Crippen molar-refractivity contribution in [1.82, 2.24) is 15.5 Å². The number of aromatic nitrogens is 2. The van der Waals surface area contributed by atoms with Crippen LogP contribution in [0.5, 0.6) is 0 Å². The van der Waals surface area contributed by atoms with Gasteiger partial charge in [-0.3, -0.25) is 0 Å². The molecule has 1 saturated carbocycles. The van der Waals surface area contributed by atoms with Crippen molar-refractivity contribution in [3.63, 3.8) is 0 Å². The molecule has 112 valence electrons. The second-order valence-electron chi connectivity index (χ2n) is 6.60. The summed E-state index contributed by atoms with van der Waals surface area (Å²) in [4.78, 5) is 4.79. The summed E-state index contributed by atoms with van der Waals surface area (Å²) in [5.74, 6) is 3.18. The fourth-order valence-electron chi connectivity index (χ4n) is 4.01. The van der Waals surface area contributed by atoms with E-state index < -0.39 is 0 Å². The molecule has 2 aliphatic rings. The highest BCUT2D eigenvalue weighted by molar-refractivity contribution is 5.09. The van der Waals surface area contributed by atoms with Crippen molar-refractivity contribution in [2.75, 3.05) is 6.54 Å². The average Bonchev–Trinajstić information content (AvgIpc) is 3.19. The van der Waals surface area contributed by atoms with Crippen LogP contribution in [-0.2, 0) is 5.54 Å². The first kappa shape index (κ1) is 14.1. The Bertz CT molecular complexity index is 437. The monoisotopic (exact) mass is 277 g/mol. The molecule has 0 aromatic carbocycles. The molecule has 2 fully saturated rings. The van der Waals surface area contributed by atoms with E-state index in [1.807, 2.05) is 0 Å². The van der Waals surface area contributed by atoms with E-state index in [-0.39, 0.29) is 5.54 Å². The second-order valence-corrected chi connectivity index (χ2v) is 6.60. The molecule has 0 bridgehead atoms. The van der Waals surface area contributed by atoms with Crippen molar-refractivity contribution in [1.29, 1.82) is 0 Å². The molecule has 0 spiro atoms. The summed E-state index contributed by atoms with van der Waals surface area (Å²) in [5, 5.41) is 7.93. The fraction of sp³-hybridized carbons (Fsp3) is 0.875. The summed E-state index contributed by atoms with van der Waals surface area (Å²) >= 11 is 0. The van der Waals surface area contributed by atoms with Gasteiger partial charge in [0.25, 0.3) is 0 Å². The average molecular weight is 277 g/mol. The highest BCUT2D eigenvalue weighted by atomic mass is 16.5. The van der Waals surface area contributed by atoms with Crippen LogP contribution in [0.25, 0.3) is 0 Å². The van der Waals surface area contributed by atoms with Gasteiger partial charge in [-0.15, -0.1) is 0 Å². The van der Waals surface area contributed by atoms with E-state index in [1.54, 1.807) is 0 Å². The first-order chi connectivity index (χ1) is 9.77. The van der Waals surface area contributed by atoms with Crippen molar-refractivity contribution >= 4 is 0 Å². The molecular weight excluding hydrogens is 250 g/mol. The molecule has 3 unspecified atom stereocenters. The lowest BCUT2D eigenvalue weighted by atomic mass is 9.92. The Balaban J connectivity index is 1.76. The van der Waals surface area contributed by atoms with E-state index >= 15 is 0 Å². The van der Waals surface area contributed by atoms with Gasteiger partial charge in [0, 0.05) is 5.92 Å². The van der Waals surface area contributed by atoms with Gasteiger partial charge < -0.3 is 9.84 Å². The third-order valence-corrected chi connectivity index (χ3v) is 5.26. The zero-order valence-electron chi connectivity index (χ0n) is 12.8. The predicted octanol–water partition coefficient (Wildman–Crippen LogP) is 3.74. The number of hydrogen-bond donors (Lipinski definition) is 1. The van der Waals surface area contributed by atoms with Crippen LogP contribution in [0.15, 0.2) is 4.52 Å². The first-order valence-corrected chi connectivity index (χ1v) is 8.36. The van der Waals surface area contributed by atoms with Gasteiger partial charge in [-0.25, -0.2) is 0 Å². The van der Waals surface area contributed by atoms with Crippen LogP contribution in [0.1, 0.15) is 82.8 Å². The molecule has 3 rings (SSSR count). The van der Waals surface area contributed by atoms with Gasteiger partial charge in [-0.1, -0.05) is 31.8 Å².